The zero-order valence-electron chi connectivity index (χ0n) is 12.0. The molecule has 1 saturated carbocycles. The van der Waals surface area contributed by atoms with Gasteiger partial charge in [-0.25, -0.2) is 0 Å². The maximum Gasteiger partial charge on any atom is 0.120 e. The SMILES string of the molecule is CCC1(CNCc2cc(OC)ccc2O)CCCC1. The van der Waals surface area contributed by atoms with Crippen molar-refractivity contribution in [2.45, 2.75) is 45.6 Å². The summed E-state index contributed by atoms with van der Waals surface area (Å²) in [6.45, 7) is 4.03. The van der Waals surface area contributed by atoms with E-state index in [1.165, 1.54) is 32.1 Å². The van der Waals surface area contributed by atoms with Gasteiger partial charge < -0.3 is 15.2 Å². The van der Waals surface area contributed by atoms with E-state index in [2.05, 4.69) is 12.2 Å². The van der Waals surface area contributed by atoms with E-state index in [-0.39, 0.29) is 0 Å². The van der Waals surface area contributed by atoms with Crippen LogP contribution >= 0.6 is 0 Å². The molecule has 3 heteroatoms. The fraction of sp³-hybridized carbons (Fsp3) is 0.625. The van der Waals surface area contributed by atoms with Gasteiger partial charge in [0.15, 0.2) is 0 Å². The minimum absolute atomic E-state index is 0.338. The maximum atomic E-state index is 9.85. The van der Waals surface area contributed by atoms with E-state index in [1.807, 2.05) is 6.07 Å². The molecule has 0 aromatic heterocycles. The van der Waals surface area contributed by atoms with Crippen molar-refractivity contribution >= 4 is 0 Å². The predicted octanol–water partition coefficient (Wildman–Crippen LogP) is 3.46. The van der Waals surface area contributed by atoms with E-state index >= 15 is 0 Å². The number of hydrogen-bond acceptors (Lipinski definition) is 3. The Bertz CT molecular complexity index is 411. The van der Waals surface area contributed by atoms with Gasteiger partial charge in [-0.1, -0.05) is 19.8 Å². The van der Waals surface area contributed by atoms with Crippen molar-refractivity contribution in [1.82, 2.24) is 5.32 Å². The van der Waals surface area contributed by atoms with Crippen molar-refractivity contribution in [3.63, 3.8) is 0 Å². The molecule has 1 aliphatic carbocycles. The van der Waals surface area contributed by atoms with Crippen molar-refractivity contribution in [2.24, 2.45) is 5.41 Å². The summed E-state index contributed by atoms with van der Waals surface area (Å²) in [6, 6.07) is 5.37. The van der Waals surface area contributed by atoms with Crippen LogP contribution in [0, 0.1) is 5.41 Å². The number of nitrogens with one attached hydrogen (secondary N) is 1. The zero-order chi connectivity index (χ0) is 13.7. The van der Waals surface area contributed by atoms with E-state index in [4.69, 9.17) is 4.74 Å². The lowest BCUT2D eigenvalue weighted by Gasteiger charge is -2.28. The maximum absolute atomic E-state index is 9.85. The van der Waals surface area contributed by atoms with Crippen LogP contribution in [0.5, 0.6) is 11.5 Å². The van der Waals surface area contributed by atoms with Crippen molar-refractivity contribution in [3.8, 4) is 11.5 Å². The highest BCUT2D eigenvalue weighted by molar-refractivity contribution is 5.39. The summed E-state index contributed by atoms with van der Waals surface area (Å²) in [5.41, 5.74) is 1.39. The van der Waals surface area contributed by atoms with Gasteiger partial charge in [-0.3, -0.25) is 0 Å². The quantitative estimate of drug-likeness (QED) is 0.826. The van der Waals surface area contributed by atoms with E-state index in [9.17, 15) is 5.11 Å². The lowest BCUT2D eigenvalue weighted by molar-refractivity contribution is 0.267. The van der Waals surface area contributed by atoms with Gasteiger partial charge in [0.1, 0.15) is 11.5 Å². The first kappa shape index (κ1) is 14.2. The molecule has 1 aromatic carbocycles. The monoisotopic (exact) mass is 263 g/mol. The van der Waals surface area contributed by atoms with Crippen molar-refractivity contribution in [1.29, 1.82) is 0 Å². The average Bonchev–Trinajstić information content (AvgIpc) is 2.90. The van der Waals surface area contributed by atoms with E-state index in [1.54, 1.807) is 19.2 Å². The van der Waals surface area contributed by atoms with Crippen LogP contribution in [-0.2, 0) is 6.54 Å². The molecule has 106 valence electrons. The molecule has 0 heterocycles. The number of aromatic hydroxyl groups is 1. The molecule has 0 radical (unpaired) electrons. The second-order valence-electron chi connectivity index (χ2n) is 5.66. The molecule has 0 saturated heterocycles. The summed E-state index contributed by atoms with van der Waals surface area (Å²) in [5.74, 6) is 1.13. The lowest BCUT2D eigenvalue weighted by Crippen LogP contribution is -2.31. The summed E-state index contributed by atoms with van der Waals surface area (Å²) in [6.07, 6.45) is 6.63. The van der Waals surface area contributed by atoms with Crippen LogP contribution in [0.25, 0.3) is 0 Å². The Morgan fingerprint density at radius 3 is 2.68 bits per heavy atom. The fourth-order valence-electron chi connectivity index (χ4n) is 3.07. The molecule has 0 bridgehead atoms. The van der Waals surface area contributed by atoms with Gasteiger partial charge in [0, 0.05) is 18.7 Å². The molecule has 2 N–H and O–H groups in total. The number of ether oxygens (including phenoxy) is 1. The van der Waals surface area contributed by atoms with Gasteiger partial charge in [0.05, 0.1) is 7.11 Å². The van der Waals surface area contributed by atoms with Gasteiger partial charge in [-0.15, -0.1) is 0 Å². The van der Waals surface area contributed by atoms with Crippen LogP contribution in [0.4, 0.5) is 0 Å². The van der Waals surface area contributed by atoms with Crippen molar-refractivity contribution in [2.75, 3.05) is 13.7 Å². The van der Waals surface area contributed by atoms with E-state index in [0.717, 1.165) is 17.9 Å². The first-order valence-corrected chi connectivity index (χ1v) is 7.26. The molecule has 2 rings (SSSR count). The van der Waals surface area contributed by atoms with Gasteiger partial charge in [0.25, 0.3) is 0 Å². The second kappa shape index (κ2) is 6.29. The molecule has 0 aliphatic heterocycles. The number of phenols is 1. The predicted molar refractivity (Wildman–Crippen MR) is 77.6 cm³/mol. The standard InChI is InChI=1S/C16H25NO2/c1-3-16(8-4-5-9-16)12-17-11-13-10-14(19-2)6-7-15(13)18/h6-7,10,17-18H,3-5,8-9,11-12H2,1-2H3. The highest BCUT2D eigenvalue weighted by Crippen LogP contribution is 2.40. The third kappa shape index (κ3) is 3.41. The number of hydrogen-bond donors (Lipinski definition) is 2. The molecular formula is C16H25NO2. The molecule has 3 nitrogen and oxygen atoms in total. The van der Waals surface area contributed by atoms with E-state index in [0.29, 0.717) is 17.7 Å². The smallest absolute Gasteiger partial charge is 0.120 e. The third-order valence-electron chi connectivity index (χ3n) is 4.52. The van der Waals surface area contributed by atoms with Crippen LogP contribution in [0.1, 0.15) is 44.6 Å². The van der Waals surface area contributed by atoms with Gasteiger partial charge >= 0.3 is 0 Å². The van der Waals surface area contributed by atoms with Crippen molar-refractivity contribution in [3.05, 3.63) is 23.8 Å². The molecular weight excluding hydrogens is 238 g/mol. The number of benzene rings is 1. The van der Waals surface area contributed by atoms with Crippen LogP contribution in [0.3, 0.4) is 0 Å². The molecule has 0 unspecified atom stereocenters. The Labute approximate surface area is 116 Å². The number of rotatable bonds is 6. The van der Waals surface area contributed by atoms with Gasteiger partial charge in [0.2, 0.25) is 0 Å². The lowest BCUT2D eigenvalue weighted by atomic mass is 9.83. The number of phenolic OH excluding ortho intramolecular Hbond substituents is 1. The Balaban J connectivity index is 1.91. The Kier molecular flexibility index (Phi) is 4.70. The van der Waals surface area contributed by atoms with Crippen LogP contribution < -0.4 is 10.1 Å². The Hall–Kier alpha value is -1.22. The minimum Gasteiger partial charge on any atom is -0.508 e. The Morgan fingerprint density at radius 2 is 2.05 bits per heavy atom. The van der Waals surface area contributed by atoms with Crippen LogP contribution in [0.2, 0.25) is 0 Å². The minimum atomic E-state index is 0.338. The van der Waals surface area contributed by atoms with Crippen molar-refractivity contribution < 1.29 is 9.84 Å². The van der Waals surface area contributed by atoms with Gasteiger partial charge in [-0.2, -0.15) is 0 Å². The first-order valence-electron chi connectivity index (χ1n) is 7.26. The molecule has 0 amide bonds. The Morgan fingerprint density at radius 1 is 1.32 bits per heavy atom. The van der Waals surface area contributed by atoms with Crippen LogP contribution in [-0.4, -0.2) is 18.8 Å². The molecule has 1 fully saturated rings. The summed E-state index contributed by atoms with van der Waals surface area (Å²) in [4.78, 5) is 0. The van der Waals surface area contributed by atoms with Gasteiger partial charge in [-0.05, 0) is 42.9 Å². The summed E-state index contributed by atoms with van der Waals surface area (Å²) >= 11 is 0. The molecule has 0 spiro atoms. The highest BCUT2D eigenvalue weighted by Gasteiger charge is 2.31. The summed E-state index contributed by atoms with van der Waals surface area (Å²) < 4.78 is 5.19. The summed E-state index contributed by atoms with van der Waals surface area (Å²) in [7, 11) is 1.65. The zero-order valence-corrected chi connectivity index (χ0v) is 12.0. The molecule has 0 atom stereocenters. The largest absolute Gasteiger partial charge is 0.508 e. The molecule has 1 aliphatic rings. The highest BCUT2D eigenvalue weighted by atomic mass is 16.5. The topological polar surface area (TPSA) is 41.5 Å². The average molecular weight is 263 g/mol. The first-order chi connectivity index (χ1) is 9.19. The third-order valence-corrected chi connectivity index (χ3v) is 4.52. The van der Waals surface area contributed by atoms with Crippen LogP contribution in [0.15, 0.2) is 18.2 Å². The molecule has 19 heavy (non-hydrogen) atoms. The fourth-order valence-corrected chi connectivity index (χ4v) is 3.07. The molecule has 1 aromatic rings. The normalized spacial score (nSPS) is 17.6. The summed E-state index contributed by atoms with van der Waals surface area (Å²) in [5, 5.41) is 13.4. The number of methoxy groups -OCH3 is 1. The van der Waals surface area contributed by atoms with E-state index < -0.39 is 0 Å². The second-order valence-corrected chi connectivity index (χ2v) is 5.66.